The molecule has 1 N–H and O–H groups in total. The van der Waals surface area contributed by atoms with Gasteiger partial charge in [-0.1, -0.05) is 0 Å². The fraction of sp³-hybridized carbons (Fsp3) is 0.636. The van der Waals surface area contributed by atoms with Gasteiger partial charge in [-0.05, 0) is 44.9 Å². The van der Waals surface area contributed by atoms with Crippen molar-refractivity contribution in [2.24, 2.45) is 5.92 Å². The third kappa shape index (κ3) is 5.04. The summed E-state index contributed by atoms with van der Waals surface area (Å²) in [6.07, 6.45) is 4.31. The summed E-state index contributed by atoms with van der Waals surface area (Å²) in [5, 5.41) is 3.09. The Hall–Kier alpha value is -2.52. The molecule has 0 aliphatic carbocycles. The molecule has 4 rings (SSSR count). The average molecular weight is 429 g/mol. The van der Waals surface area contributed by atoms with Gasteiger partial charge >= 0.3 is 0 Å². The monoisotopic (exact) mass is 428 g/mol. The van der Waals surface area contributed by atoms with Crippen LogP contribution in [0, 0.1) is 5.92 Å². The Bertz CT molecular complexity index is 956. The second-order valence-corrected chi connectivity index (χ2v) is 8.21. The zero-order chi connectivity index (χ0) is 21.6. The van der Waals surface area contributed by atoms with Crippen LogP contribution in [0.2, 0.25) is 0 Å². The van der Waals surface area contributed by atoms with Crippen molar-refractivity contribution < 1.29 is 9.53 Å². The number of hydrogen-bond acceptors (Lipinski definition) is 7. The summed E-state index contributed by atoms with van der Waals surface area (Å²) in [6.45, 7) is 8.90. The number of amides is 1. The van der Waals surface area contributed by atoms with Crippen molar-refractivity contribution >= 4 is 22.9 Å². The Labute approximate surface area is 182 Å². The van der Waals surface area contributed by atoms with Gasteiger partial charge < -0.3 is 15.0 Å². The molecule has 0 saturated carbocycles. The summed E-state index contributed by atoms with van der Waals surface area (Å²) in [6, 6.07) is 3.70. The Morgan fingerprint density at radius 2 is 2.13 bits per heavy atom. The molecule has 1 unspecified atom stereocenters. The lowest BCUT2D eigenvalue weighted by molar-refractivity contribution is -0.125. The van der Waals surface area contributed by atoms with E-state index in [1.165, 1.54) is 0 Å². The Morgan fingerprint density at radius 1 is 1.29 bits per heavy atom. The van der Waals surface area contributed by atoms with E-state index in [0.29, 0.717) is 36.6 Å². The van der Waals surface area contributed by atoms with Gasteiger partial charge in [-0.2, -0.15) is 0 Å². The zero-order valence-corrected chi connectivity index (χ0v) is 18.3. The molecule has 0 bridgehead atoms. The lowest BCUT2D eigenvalue weighted by Crippen LogP contribution is -2.46. The van der Waals surface area contributed by atoms with Crippen molar-refractivity contribution in [1.82, 2.24) is 24.8 Å². The van der Waals surface area contributed by atoms with Crippen LogP contribution in [0.3, 0.4) is 0 Å². The first-order chi connectivity index (χ1) is 15.2. The molecule has 0 spiro atoms. The maximum Gasteiger partial charge on any atom is 0.295 e. The number of hydrogen-bond donors (Lipinski definition) is 1. The van der Waals surface area contributed by atoms with Gasteiger partial charge in [0.25, 0.3) is 5.56 Å². The van der Waals surface area contributed by atoms with Crippen LogP contribution < -0.4 is 15.8 Å². The number of carbonyl (C=O) groups is 1. The normalized spacial score (nSPS) is 20.2. The molecular formula is C22H32N6O3. The lowest BCUT2D eigenvalue weighted by atomic mass is 9.97. The Kier molecular flexibility index (Phi) is 7.14. The minimum atomic E-state index is -0.139. The first kappa shape index (κ1) is 21.7. The van der Waals surface area contributed by atoms with E-state index in [0.717, 1.165) is 58.7 Å². The number of carbonyl (C=O) groups excluding carboxylic acids is 1. The number of aromatic nitrogens is 3. The van der Waals surface area contributed by atoms with Crippen LogP contribution in [0.15, 0.2) is 23.1 Å². The molecule has 2 aliphatic rings. The summed E-state index contributed by atoms with van der Waals surface area (Å²) < 4.78 is 7.03. The number of piperidine rings is 1. The van der Waals surface area contributed by atoms with E-state index < -0.39 is 0 Å². The van der Waals surface area contributed by atoms with Crippen molar-refractivity contribution in [3.05, 3.63) is 28.7 Å². The van der Waals surface area contributed by atoms with Gasteiger partial charge in [0, 0.05) is 45.5 Å². The molecular weight excluding hydrogens is 396 g/mol. The molecule has 1 atom stereocenters. The van der Waals surface area contributed by atoms with E-state index in [1.807, 2.05) is 24.0 Å². The van der Waals surface area contributed by atoms with Crippen molar-refractivity contribution in [3.63, 3.8) is 0 Å². The van der Waals surface area contributed by atoms with Gasteiger partial charge in [0.2, 0.25) is 5.91 Å². The number of anilines is 1. The standard InChI is InChI=1S/C22H32N6O3/c1-2-28-19-18(7-3-8-23-19)25-20(22(28)30)27-11-4-6-17(16-27)21(29)24-9-5-10-26-12-14-31-15-13-26/h3,7-8,17H,2,4-6,9-16H2,1H3,(H,24,29). The van der Waals surface area contributed by atoms with E-state index >= 15 is 0 Å². The lowest BCUT2D eigenvalue weighted by Gasteiger charge is -2.32. The highest BCUT2D eigenvalue weighted by Gasteiger charge is 2.28. The quantitative estimate of drug-likeness (QED) is 0.654. The number of ether oxygens (including phenoxy) is 1. The third-order valence-electron chi connectivity index (χ3n) is 6.15. The molecule has 2 saturated heterocycles. The molecule has 31 heavy (non-hydrogen) atoms. The van der Waals surface area contributed by atoms with Crippen molar-refractivity contribution in [2.45, 2.75) is 32.7 Å². The van der Waals surface area contributed by atoms with Crippen molar-refractivity contribution in [3.8, 4) is 0 Å². The van der Waals surface area contributed by atoms with E-state index in [2.05, 4.69) is 20.2 Å². The maximum atomic E-state index is 13.1. The molecule has 9 heteroatoms. The van der Waals surface area contributed by atoms with E-state index in [-0.39, 0.29) is 17.4 Å². The summed E-state index contributed by atoms with van der Waals surface area (Å²) >= 11 is 0. The molecule has 168 valence electrons. The molecule has 2 aliphatic heterocycles. The van der Waals surface area contributed by atoms with Crippen molar-refractivity contribution in [1.29, 1.82) is 0 Å². The van der Waals surface area contributed by atoms with Gasteiger partial charge in [-0.15, -0.1) is 0 Å². The minimum absolute atomic E-state index is 0.0740. The Morgan fingerprint density at radius 3 is 2.94 bits per heavy atom. The number of pyridine rings is 1. The van der Waals surface area contributed by atoms with Crippen LogP contribution in [0.1, 0.15) is 26.2 Å². The topological polar surface area (TPSA) is 92.6 Å². The average Bonchev–Trinajstić information content (AvgIpc) is 2.82. The zero-order valence-electron chi connectivity index (χ0n) is 18.3. The smallest absolute Gasteiger partial charge is 0.295 e. The fourth-order valence-corrected chi connectivity index (χ4v) is 4.43. The van der Waals surface area contributed by atoms with Gasteiger partial charge in [-0.3, -0.25) is 19.1 Å². The first-order valence-electron chi connectivity index (χ1n) is 11.4. The van der Waals surface area contributed by atoms with Gasteiger partial charge in [0.1, 0.15) is 5.52 Å². The van der Waals surface area contributed by atoms with Gasteiger partial charge in [0.05, 0.1) is 19.1 Å². The molecule has 4 heterocycles. The summed E-state index contributed by atoms with van der Waals surface area (Å²) in [7, 11) is 0. The van der Waals surface area contributed by atoms with Crippen LogP contribution in [-0.2, 0) is 16.1 Å². The number of rotatable bonds is 7. The van der Waals surface area contributed by atoms with E-state index in [4.69, 9.17) is 4.74 Å². The largest absolute Gasteiger partial charge is 0.379 e. The Balaban J connectivity index is 1.37. The molecule has 0 aromatic carbocycles. The SMILES string of the molecule is CCn1c(=O)c(N2CCCC(C(=O)NCCCN3CCOCC3)C2)nc2cccnc21. The third-order valence-corrected chi connectivity index (χ3v) is 6.15. The number of fused-ring (bicyclic) bond motifs is 1. The maximum absolute atomic E-state index is 13.1. The molecule has 2 aromatic heterocycles. The van der Waals surface area contributed by atoms with Crippen LogP contribution in [-0.4, -0.2) is 77.8 Å². The fourth-order valence-electron chi connectivity index (χ4n) is 4.43. The predicted molar refractivity (Wildman–Crippen MR) is 119 cm³/mol. The van der Waals surface area contributed by atoms with E-state index in [1.54, 1.807) is 10.8 Å². The number of nitrogens with one attached hydrogen (secondary N) is 1. The molecule has 0 radical (unpaired) electrons. The second kappa shape index (κ2) is 10.2. The van der Waals surface area contributed by atoms with Crippen molar-refractivity contribution in [2.75, 3.05) is 57.4 Å². The molecule has 1 amide bonds. The van der Waals surface area contributed by atoms with Crippen LogP contribution in [0.25, 0.3) is 11.2 Å². The molecule has 9 nitrogen and oxygen atoms in total. The highest BCUT2D eigenvalue weighted by Crippen LogP contribution is 2.21. The molecule has 2 aromatic rings. The summed E-state index contributed by atoms with van der Waals surface area (Å²) in [5.74, 6) is 0.370. The summed E-state index contributed by atoms with van der Waals surface area (Å²) in [5.41, 5.74) is 1.17. The molecule has 2 fully saturated rings. The van der Waals surface area contributed by atoms with Crippen LogP contribution in [0.5, 0.6) is 0 Å². The van der Waals surface area contributed by atoms with Crippen LogP contribution in [0.4, 0.5) is 5.82 Å². The second-order valence-electron chi connectivity index (χ2n) is 8.21. The van der Waals surface area contributed by atoms with Crippen LogP contribution >= 0.6 is 0 Å². The summed E-state index contributed by atoms with van der Waals surface area (Å²) in [4.78, 5) is 39.1. The minimum Gasteiger partial charge on any atom is -0.379 e. The first-order valence-corrected chi connectivity index (χ1v) is 11.4. The number of aryl methyl sites for hydroxylation is 1. The number of nitrogens with zero attached hydrogens (tertiary/aromatic N) is 5. The predicted octanol–water partition coefficient (Wildman–Crippen LogP) is 0.866. The number of morpholine rings is 1. The highest BCUT2D eigenvalue weighted by atomic mass is 16.5. The van der Waals surface area contributed by atoms with Gasteiger partial charge in [-0.25, -0.2) is 9.97 Å². The highest BCUT2D eigenvalue weighted by molar-refractivity contribution is 5.79. The van der Waals surface area contributed by atoms with Gasteiger partial charge in [0.15, 0.2) is 11.5 Å². The van der Waals surface area contributed by atoms with E-state index in [9.17, 15) is 9.59 Å².